The normalized spacial score (nSPS) is 11.2. The fraction of sp³-hybridized carbons (Fsp3) is 0.0833. The molecule has 0 amide bonds. The molecule has 0 aliphatic carbocycles. The Morgan fingerprint density at radius 1 is 1.09 bits per heavy atom. The number of benzene rings is 2. The van der Waals surface area contributed by atoms with Crippen molar-refractivity contribution in [2.75, 3.05) is 0 Å². The number of ether oxygens (including phenoxy) is 1. The predicted molar refractivity (Wildman–Crippen MR) is 115 cm³/mol. The Balaban J connectivity index is 1.40. The van der Waals surface area contributed by atoms with Crippen molar-refractivity contribution in [2.45, 2.75) is 13.5 Å². The molecule has 0 bridgehead atoms. The summed E-state index contributed by atoms with van der Waals surface area (Å²) in [7, 11) is 0. The first-order chi connectivity index (χ1) is 15.5. The van der Waals surface area contributed by atoms with Crippen LogP contribution in [-0.2, 0) is 11.3 Å². The van der Waals surface area contributed by atoms with Gasteiger partial charge in [0.2, 0.25) is 0 Å². The summed E-state index contributed by atoms with van der Waals surface area (Å²) < 4.78 is 25.4. The minimum atomic E-state index is -0.580. The molecule has 5 aromatic rings. The summed E-state index contributed by atoms with van der Waals surface area (Å²) in [5, 5.41) is 4.59. The highest BCUT2D eigenvalue weighted by Gasteiger charge is 2.15. The van der Waals surface area contributed by atoms with Gasteiger partial charge in [-0.25, -0.2) is 14.2 Å². The number of hydrogen-bond donors (Lipinski definition) is 0. The SMILES string of the molecule is Cc1ccc2nc(COC(=O)c3ccc4noc(-c5ccc(F)cc5)c4c3)cc(=O)n2c1. The highest BCUT2D eigenvalue weighted by Crippen LogP contribution is 2.29. The average molecular weight is 429 g/mol. The molecule has 0 fully saturated rings. The molecule has 0 N–H and O–H groups in total. The van der Waals surface area contributed by atoms with Crippen molar-refractivity contribution in [3.8, 4) is 11.3 Å². The van der Waals surface area contributed by atoms with Crippen LogP contribution in [0, 0.1) is 12.7 Å². The van der Waals surface area contributed by atoms with Gasteiger partial charge in [0.05, 0.1) is 16.6 Å². The quantitative estimate of drug-likeness (QED) is 0.396. The molecular formula is C24H16FN3O4. The Hall–Kier alpha value is -4.33. The maximum Gasteiger partial charge on any atom is 0.338 e. The summed E-state index contributed by atoms with van der Waals surface area (Å²) in [5.41, 5.74) is 2.99. The van der Waals surface area contributed by atoms with E-state index in [1.54, 1.807) is 42.6 Å². The minimum Gasteiger partial charge on any atom is -0.456 e. The third kappa shape index (κ3) is 3.62. The first kappa shape index (κ1) is 19.6. The zero-order valence-electron chi connectivity index (χ0n) is 16.9. The van der Waals surface area contributed by atoms with Crippen molar-refractivity contribution in [1.82, 2.24) is 14.5 Å². The van der Waals surface area contributed by atoms with Gasteiger partial charge < -0.3 is 9.26 Å². The van der Waals surface area contributed by atoms with E-state index in [0.29, 0.717) is 33.6 Å². The van der Waals surface area contributed by atoms with Crippen molar-refractivity contribution in [2.24, 2.45) is 0 Å². The highest BCUT2D eigenvalue weighted by molar-refractivity contribution is 5.98. The zero-order valence-corrected chi connectivity index (χ0v) is 16.9. The number of esters is 1. The van der Waals surface area contributed by atoms with Crippen molar-refractivity contribution in [3.63, 3.8) is 0 Å². The molecule has 8 heteroatoms. The molecule has 7 nitrogen and oxygen atoms in total. The van der Waals surface area contributed by atoms with Crippen LogP contribution in [0.1, 0.15) is 21.6 Å². The van der Waals surface area contributed by atoms with Crippen LogP contribution in [0.4, 0.5) is 4.39 Å². The molecule has 3 aromatic heterocycles. The molecule has 2 aromatic carbocycles. The van der Waals surface area contributed by atoms with Gasteiger partial charge in [-0.15, -0.1) is 0 Å². The van der Waals surface area contributed by atoms with Gasteiger partial charge in [-0.2, -0.15) is 0 Å². The van der Waals surface area contributed by atoms with Gasteiger partial charge in [0.25, 0.3) is 5.56 Å². The number of rotatable bonds is 4. The zero-order chi connectivity index (χ0) is 22.2. The standard InChI is InChI=1S/C24H16FN3O4/c1-14-2-9-21-26-18(11-22(29)28(21)12-14)13-31-24(30)16-5-8-20-19(10-16)23(32-27-20)15-3-6-17(25)7-4-15/h2-12H,13H2,1H3. The van der Waals surface area contributed by atoms with Crippen LogP contribution in [0.15, 0.2) is 76.2 Å². The molecule has 0 radical (unpaired) electrons. The Kier molecular flexibility index (Phi) is 4.74. The summed E-state index contributed by atoms with van der Waals surface area (Å²) in [5.74, 6) is -0.517. The number of aryl methyl sites for hydroxylation is 1. The lowest BCUT2D eigenvalue weighted by Crippen LogP contribution is -2.16. The Labute approximate surface area is 180 Å². The lowest BCUT2D eigenvalue weighted by Gasteiger charge is -2.07. The summed E-state index contributed by atoms with van der Waals surface area (Å²) in [4.78, 5) is 29.3. The van der Waals surface area contributed by atoms with E-state index in [4.69, 9.17) is 9.26 Å². The first-order valence-corrected chi connectivity index (χ1v) is 9.79. The van der Waals surface area contributed by atoms with Crippen LogP contribution in [0.25, 0.3) is 27.9 Å². The van der Waals surface area contributed by atoms with E-state index in [0.717, 1.165) is 5.56 Å². The number of carbonyl (C=O) groups excluding carboxylic acids is 1. The van der Waals surface area contributed by atoms with E-state index < -0.39 is 5.97 Å². The van der Waals surface area contributed by atoms with Crippen LogP contribution < -0.4 is 5.56 Å². The molecule has 0 saturated carbocycles. The smallest absolute Gasteiger partial charge is 0.338 e. The summed E-state index contributed by atoms with van der Waals surface area (Å²) in [6.07, 6.45) is 1.70. The Morgan fingerprint density at radius 3 is 2.72 bits per heavy atom. The van der Waals surface area contributed by atoms with Crippen LogP contribution in [-0.4, -0.2) is 20.5 Å². The topological polar surface area (TPSA) is 86.7 Å². The molecule has 0 unspecified atom stereocenters. The van der Waals surface area contributed by atoms with Crippen LogP contribution in [0.3, 0.4) is 0 Å². The summed E-state index contributed by atoms with van der Waals surface area (Å²) in [6, 6.07) is 15.6. The van der Waals surface area contributed by atoms with Gasteiger partial charge in [-0.05, 0) is 61.0 Å². The van der Waals surface area contributed by atoms with E-state index >= 15 is 0 Å². The van der Waals surface area contributed by atoms with Crippen LogP contribution in [0.2, 0.25) is 0 Å². The molecule has 158 valence electrons. The Bertz CT molecular complexity index is 1540. The van der Waals surface area contributed by atoms with E-state index in [-0.39, 0.29) is 23.5 Å². The van der Waals surface area contributed by atoms with E-state index in [2.05, 4.69) is 10.1 Å². The molecule has 0 atom stereocenters. The number of pyridine rings is 1. The lowest BCUT2D eigenvalue weighted by atomic mass is 10.1. The van der Waals surface area contributed by atoms with Gasteiger partial charge >= 0.3 is 5.97 Å². The maximum atomic E-state index is 13.2. The van der Waals surface area contributed by atoms with Gasteiger partial charge in [-0.1, -0.05) is 11.2 Å². The molecule has 0 saturated heterocycles. The Morgan fingerprint density at radius 2 is 1.91 bits per heavy atom. The molecule has 5 rings (SSSR count). The average Bonchev–Trinajstić information content (AvgIpc) is 3.22. The lowest BCUT2D eigenvalue weighted by molar-refractivity contribution is 0.0468. The molecule has 0 spiro atoms. The number of nitrogens with zero attached hydrogens (tertiary/aromatic N) is 3. The predicted octanol–water partition coefficient (Wildman–Crippen LogP) is 4.31. The van der Waals surface area contributed by atoms with Gasteiger partial charge in [0.15, 0.2) is 5.76 Å². The number of carbonyl (C=O) groups is 1. The van der Waals surface area contributed by atoms with Gasteiger partial charge in [0, 0.05) is 17.8 Å². The molecule has 3 heterocycles. The third-order valence-electron chi connectivity index (χ3n) is 5.03. The number of aromatic nitrogens is 3. The summed E-state index contributed by atoms with van der Waals surface area (Å²) in [6.45, 7) is 1.74. The molecule has 0 aliphatic heterocycles. The molecule has 32 heavy (non-hydrogen) atoms. The van der Waals surface area contributed by atoms with Crippen molar-refractivity contribution >= 4 is 22.5 Å². The van der Waals surface area contributed by atoms with Crippen LogP contribution in [0.5, 0.6) is 0 Å². The highest BCUT2D eigenvalue weighted by atomic mass is 19.1. The summed E-state index contributed by atoms with van der Waals surface area (Å²) >= 11 is 0. The second kappa shape index (κ2) is 7.73. The van der Waals surface area contributed by atoms with Crippen molar-refractivity contribution in [3.05, 3.63) is 99.9 Å². The number of hydrogen-bond acceptors (Lipinski definition) is 6. The monoisotopic (exact) mass is 429 g/mol. The van der Waals surface area contributed by atoms with Crippen molar-refractivity contribution in [1.29, 1.82) is 0 Å². The van der Waals surface area contributed by atoms with Crippen molar-refractivity contribution < 1.29 is 18.4 Å². The number of halogens is 1. The second-order valence-electron chi connectivity index (χ2n) is 7.35. The second-order valence-corrected chi connectivity index (χ2v) is 7.35. The van der Waals surface area contributed by atoms with E-state index in [1.165, 1.54) is 22.6 Å². The van der Waals surface area contributed by atoms with Crippen LogP contribution >= 0.6 is 0 Å². The van der Waals surface area contributed by atoms with E-state index in [9.17, 15) is 14.0 Å². The first-order valence-electron chi connectivity index (χ1n) is 9.79. The minimum absolute atomic E-state index is 0.148. The fourth-order valence-corrected chi connectivity index (χ4v) is 3.43. The molecule has 0 aliphatic rings. The number of fused-ring (bicyclic) bond motifs is 2. The molecular weight excluding hydrogens is 413 g/mol. The maximum absolute atomic E-state index is 13.2. The van der Waals surface area contributed by atoms with Gasteiger partial charge in [0.1, 0.15) is 23.6 Å². The fourth-order valence-electron chi connectivity index (χ4n) is 3.43. The van der Waals surface area contributed by atoms with Gasteiger partial charge in [-0.3, -0.25) is 9.20 Å². The largest absolute Gasteiger partial charge is 0.456 e. The van der Waals surface area contributed by atoms with E-state index in [1.807, 2.05) is 13.0 Å². The third-order valence-corrected chi connectivity index (χ3v) is 5.03.